The highest BCUT2D eigenvalue weighted by atomic mass is 32.1. The number of rotatable bonds is 7. The van der Waals surface area contributed by atoms with E-state index in [0.717, 1.165) is 22.7 Å². The van der Waals surface area contributed by atoms with E-state index in [1.54, 1.807) is 4.90 Å². The van der Waals surface area contributed by atoms with Crippen molar-refractivity contribution in [2.24, 2.45) is 0 Å². The number of imide groups is 1. The Morgan fingerprint density at radius 3 is 2.62 bits per heavy atom. The molecule has 1 atom stereocenters. The average Bonchev–Trinajstić information content (AvgIpc) is 3.34. The first-order valence-electron chi connectivity index (χ1n) is 12.3. The van der Waals surface area contributed by atoms with Crippen LogP contribution in [0.4, 0.5) is 0 Å². The van der Waals surface area contributed by atoms with Crippen molar-refractivity contribution in [1.29, 1.82) is 0 Å². The number of ether oxygens (including phenoxy) is 1. The van der Waals surface area contributed by atoms with Crippen molar-refractivity contribution in [2.75, 3.05) is 0 Å². The number of nitrogens with zero attached hydrogens (tertiary/aromatic N) is 1. The largest absolute Gasteiger partial charge is 0.488 e. The zero-order valence-electron chi connectivity index (χ0n) is 19.3. The van der Waals surface area contributed by atoms with Gasteiger partial charge in [0.25, 0.3) is 5.91 Å². The lowest BCUT2D eigenvalue weighted by Crippen LogP contribution is -2.47. The molecule has 2 fully saturated rings. The molecule has 3 heterocycles. The predicted molar refractivity (Wildman–Crippen MR) is 129 cm³/mol. The molecule has 7 nitrogen and oxygen atoms in total. The Morgan fingerprint density at radius 2 is 1.82 bits per heavy atom. The third kappa shape index (κ3) is 5.03. The van der Waals surface area contributed by atoms with E-state index in [0.29, 0.717) is 44.0 Å². The highest BCUT2D eigenvalue weighted by Crippen LogP contribution is 2.34. The van der Waals surface area contributed by atoms with Crippen LogP contribution in [-0.4, -0.2) is 34.7 Å². The van der Waals surface area contributed by atoms with Crippen molar-refractivity contribution in [2.45, 2.75) is 83.1 Å². The Labute approximate surface area is 203 Å². The first kappa shape index (κ1) is 23.1. The van der Waals surface area contributed by atoms with Gasteiger partial charge in [0, 0.05) is 41.4 Å². The molecular formula is C26H31N3O4S. The summed E-state index contributed by atoms with van der Waals surface area (Å²) in [6, 6.07) is 8.23. The fourth-order valence-corrected chi connectivity index (χ4v) is 6.08. The fourth-order valence-electron chi connectivity index (χ4n) is 5.13. The van der Waals surface area contributed by atoms with Crippen LogP contribution in [0.25, 0.3) is 0 Å². The minimum absolute atomic E-state index is 0.137. The van der Waals surface area contributed by atoms with Crippen LogP contribution in [0.2, 0.25) is 0 Å². The van der Waals surface area contributed by atoms with Crippen LogP contribution in [-0.2, 0) is 29.3 Å². The van der Waals surface area contributed by atoms with Gasteiger partial charge in [0.15, 0.2) is 0 Å². The summed E-state index contributed by atoms with van der Waals surface area (Å²) >= 11 is 1.52. The zero-order valence-corrected chi connectivity index (χ0v) is 20.1. The van der Waals surface area contributed by atoms with Gasteiger partial charge in [-0.3, -0.25) is 19.7 Å². The second-order valence-electron chi connectivity index (χ2n) is 9.45. The van der Waals surface area contributed by atoms with Gasteiger partial charge >= 0.3 is 0 Å². The molecule has 180 valence electrons. The van der Waals surface area contributed by atoms with E-state index in [1.807, 2.05) is 17.5 Å². The number of thiophene rings is 1. The highest BCUT2D eigenvalue weighted by molar-refractivity contribution is 7.10. The monoisotopic (exact) mass is 481 g/mol. The van der Waals surface area contributed by atoms with E-state index in [2.05, 4.69) is 22.8 Å². The second kappa shape index (κ2) is 10.3. The minimum Gasteiger partial charge on any atom is -0.488 e. The molecule has 1 aromatic heterocycles. The lowest BCUT2D eigenvalue weighted by molar-refractivity contribution is -0.132. The van der Waals surface area contributed by atoms with Gasteiger partial charge in [-0.15, -0.1) is 11.3 Å². The van der Waals surface area contributed by atoms with Crippen LogP contribution in [0.3, 0.4) is 0 Å². The summed E-state index contributed by atoms with van der Waals surface area (Å²) in [6.45, 7) is 1.65. The summed E-state index contributed by atoms with van der Waals surface area (Å²) in [6.07, 6.45) is 7.99. The van der Waals surface area contributed by atoms with Crippen LogP contribution in [0, 0.1) is 0 Å². The standard InChI is InChI=1S/C26H31N3O4S/c30-24-8-4-7-22(25(31)28-24)29-14-20-21(26(29)32)16-34-23(20)15-33-19-11-9-17(10-12-19)13-27-18-5-2-1-3-6-18/h9-12,16,18,22,27H,1-8,13-15H2,(H,28,30,31)/t22-/m0/s1. The van der Waals surface area contributed by atoms with Crippen molar-refractivity contribution in [3.8, 4) is 5.75 Å². The van der Waals surface area contributed by atoms with Gasteiger partial charge in [-0.05, 0) is 43.4 Å². The van der Waals surface area contributed by atoms with Gasteiger partial charge in [-0.25, -0.2) is 0 Å². The normalized spacial score (nSPS) is 21.4. The fraction of sp³-hybridized carbons (Fsp3) is 0.500. The van der Waals surface area contributed by atoms with E-state index < -0.39 is 6.04 Å². The Balaban J connectivity index is 1.17. The Bertz CT molecular complexity index is 1060. The molecule has 2 aliphatic heterocycles. The van der Waals surface area contributed by atoms with E-state index in [9.17, 15) is 14.4 Å². The zero-order chi connectivity index (χ0) is 23.5. The third-order valence-electron chi connectivity index (χ3n) is 7.12. The lowest BCUT2D eigenvalue weighted by atomic mass is 9.95. The van der Waals surface area contributed by atoms with Gasteiger partial charge < -0.3 is 15.0 Å². The number of amides is 3. The Kier molecular flexibility index (Phi) is 6.97. The molecule has 1 saturated heterocycles. The quantitative estimate of drug-likeness (QED) is 0.586. The summed E-state index contributed by atoms with van der Waals surface area (Å²) in [5, 5.41) is 7.92. The maximum Gasteiger partial charge on any atom is 0.256 e. The van der Waals surface area contributed by atoms with Crippen molar-refractivity contribution < 1.29 is 19.1 Å². The molecule has 0 spiro atoms. The van der Waals surface area contributed by atoms with Crippen molar-refractivity contribution in [1.82, 2.24) is 15.5 Å². The van der Waals surface area contributed by atoms with E-state index in [4.69, 9.17) is 4.74 Å². The van der Waals surface area contributed by atoms with E-state index >= 15 is 0 Å². The van der Waals surface area contributed by atoms with Gasteiger partial charge in [-0.2, -0.15) is 0 Å². The summed E-state index contributed by atoms with van der Waals surface area (Å²) in [5.41, 5.74) is 2.83. The molecule has 5 rings (SSSR count). The summed E-state index contributed by atoms with van der Waals surface area (Å²) in [7, 11) is 0. The number of hydrogen-bond donors (Lipinski definition) is 2. The first-order valence-corrected chi connectivity index (χ1v) is 13.2. The molecule has 1 aromatic carbocycles. The number of carbonyl (C=O) groups is 3. The number of hydrogen-bond acceptors (Lipinski definition) is 6. The SMILES string of the molecule is O=C1CCC[C@H](N2Cc3c(csc3COc3ccc(CNC4CCCCC4)cc3)C2=O)C(=O)N1. The maximum absolute atomic E-state index is 13.0. The van der Waals surface area contributed by atoms with Crippen LogP contribution in [0.15, 0.2) is 29.6 Å². The molecule has 2 aromatic rings. The minimum atomic E-state index is -0.597. The number of carbonyl (C=O) groups excluding carboxylic acids is 3. The summed E-state index contributed by atoms with van der Waals surface area (Å²) in [4.78, 5) is 39.6. The smallest absolute Gasteiger partial charge is 0.256 e. The molecule has 1 aliphatic carbocycles. The van der Waals surface area contributed by atoms with Gasteiger partial charge in [0.05, 0.1) is 5.56 Å². The topological polar surface area (TPSA) is 87.7 Å². The summed E-state index contributed by atoms with van der Waals surface area (Å²) < 4.78 is 6.03. The van der Waals surface area contributed by atoms with Gasteiger partial charge in [0.1, 0.15) is 18.4 Å². The van der Waals surface area contributed by atoms with Crippen LogP contribution >= 0.6 is 11.3 Å². The molecule has 2 N–H and O–H groups in total. The molecular weight excluding hydrogens is 450 g/mol. The first-order chi connectivity index (χ1) is 16.6. The van der Waals surface area contributed by atoms with Gasteiger partial charge in [-0.1, -0.05) is 31.4 Å². The average molecular weight is 482 g/mol. The van der Waals surface area contributed by atoms with Crippen molar-refractivity contribution in [3.63, 3.8) is 0 Å². The summed E-state index contributed by atoms with van der Waals surface area (Å²) in [5.74, 6) is 0.0203. The maximum atomic E-state index is 13.0. The Morgan fingerprint density at radius 1 is 1.03 bits per heavy atom. The molecule has 1 saturated carbocycles. The Hall–Kier alpha value is -2.71. The van der Waals surface area contributed by atoms with Crippen LogP contribution in [0.5, 0.6) is 5.75 Å². The molecule has 3 amide bonds. The van der Waals surface area contributed by atoms with Crippen molar-refractivity contribution in [3.05, 3.63) is 51.2 Å². The number of nitrogens with one attached hydrogen (secondary N) is 2. The molecule has 0 unspecified atom stereocenters. The van der Waals surface area contributed by atoms with Crippen LogP contribution < -0.4 is 15.4 Å². The number of fused-ring (bicyclic) bond motifs is 1. The number of benzene rings is 1. The molecule has 0 bridgehead atoms. The molecule has 8 heteroatoms. The van der Waals surface area contributed by atoms with Gasteiger partial charge in [0.2, 0.25) is 11.8 Å². The molecule has 3 aliphatic rings. The lowest BCUT2D eigenvalue weighted by Gasteiger charge is -2.25. The van der Waals surface area contributed by atoms with E-state index in [-0.39, 0.29) is 17.7 Å². The third-order valence-corrected chi connectivity index (χ3v) is 8.12. The van der Waals surface area contributed by atoms with E-state index in [1.165, 1.54) is 49.0 Å². The predicted octanol–water partition coefficient (Wildman–Crippen LogP) is 3.90. The van der Waals surface area contributed by atoms with Crippen molar-refractivity contribution >= 4 is 29.1 Å². The second-order valence-corrected chi connectivity index (χ2v) is 10.4. The molecule has 0 radical (unpaired) electrons. The highest BCUT2D eigenvalue weighted by Gasteiger charge is 2.39. The van der Waals surface area contributed by atoms with Crippen LogP contribution in [0.1, 0.15) is 77.7 Å². The molecule has 34 heavy (non-hydrogen) atoms.